The molecule has 0 saturated carbocycles. The van der Waals surface area contributed by atoms with Gasteiger partial charge < -0.3 is 10.6 Å². The van der Waals surface area contributed by atoms with Crippen LogP contribution in [-0.2, 0) is 16.0 Å². The minimum atomic E-state index is -0.372. The Labute approximate surface area is 107 Å². The van der Waals surface area contributed by atoms with E-state index in [1.807, 2.05) is 30.3 Å². The number of hydrogen-bond acceptors (Lipinski definition) is 2. The van der Waals surface area contributed by atoms with Crippen molar-refractivity contribution in [3.8, 4) is 0 Å². The Balaban J connectivity index is 1.88. The van der Waals surface area contributed by atoms with Gasteiger partial charge in [-0.05, 0) is 24.8 Å². The second-order valence-electron chi connectivity index (χ2n) is 4.57. The molecular weight excluding hydrogens is 228 g/mol. The lowest BCUT2D eigenvalue weighted by atomic mass is 10.1. The van der Waals surface area contributed by atoms with Crippen molar-refractivity contribution in [2.45, 2.75) is 31.7 Å². The van der Waals surface area contributed by atoms with Gasteiger partial charge in [-0.25, -0.2) is 0 Å². The first-order chi connectivity index (χ1) is 8.75. The number of rotatable bonds is 3. The minimum absolute atomic E-state index is 0.0612. The van der Waals surface area contributed by atoms with Crippen molar-refractivity contribution >= 4 is 11.8 Å². The van der Waals surface area contributed by atoms with Gasteiger partial charge in [-0.15, -0.1) is 0 Å². The van der Waals surface area contributed by atoms with E-state index in [1.54, 1.807) is 0 Å². The van der Waals surface area contributed by atoms with Crippen molar-refractivity contribution < 1.29 is 9.59 Å². The molecule has 0 spiro atoms. The summed E-state index contributed by atoms with van der Waals surface area (Å²) in [5.41, 5.74) is 0.962. The zero-order chi connectivity index (χ0) is 12.8. The molecule has 2 rings (SSSR count). The summed E-state index contributed by atoms with van der Waals surface area (Å²) in [6.45, 7) is 0.712. The smallest absolute Gasteiger partial charge is 0.242 e. The molecule has 1 fully saturated rings. The molecule has 96 valence electrons. The van der Waals surface area contributed by atoms with E-state index in [2.05, 4.69) is 10.6 Å². The predicted octanol–water partition coefficient (Wildman–Crippen LogP) is 1.01. The molecule has 2 N–H and O–H groups in total. The van der Waals surface area contributed by atoms with Gasteiger partial charge in [0.05, 0.1) is 6.42 Å². The SMILES string of the molecule is O=C(Cc1ccccc1)NC1CCCCNC1=O. The molecule has 1 aliphatic heterocycles. The summed E-state index contributed by atoms with van der Waals surface area (Å²) < 4.78 is 0. The van der Waals surface area contributed by atoms with Crippen LogP contribution in [0.1, 0.15) is 24.8 Å². The highest BCUT2D eigenvalue weighted by Gasteiger charge is 2.22. The highest BCUT2D eigenvalue weighted by molar-refractivity contribution is 5.88. The van der Waals surface area contributed by atoms with Gasteiger partial charge in [-0.3, -0.25) is 9.59 Å². The molecule has 0 aromatic heterocycles. The summed E-state index contributed by atoms with van der Waals surface area (Å²) in [5, 5.41) is 5.62. The molecule has 1 unspecified atom stereocenters. The average molecular weight is 246 g/mol. The molecule has 1 aromatic carbocycles. The van der Waals surface area contributed by atoms with E-state index in [9.17, 15) is 9.59 Å². The zero-order valence-electron chi connectivity index (χ0n) is 10.3. The van der Waals surface area contributed by atoms with Crippen LogP contribution in [0.25, 0.3) is 0 Å². The largest absolute Gasteiger partial charge is 0.354 e. The summed E-state index contributed by atoms with van der Waals surface area (Å²) in [7, 11) is 0. The van der Waals surface area contributed by atoms with Crippen molar-refractivity contribution in [3.05, 3.63) is 35.9 Å². The molecule has 2 amide bonds. The standard InChI is InChI=1S/C14H18N2O2/c17-13(10-11-6-2-1-3-7-11)16-12-8-4-5-9-15-14(12)18/h1-3,6-7,12H,4-5,8-10H2,(H,15,18)(H,16,17). The Kier molecular flexibility index (Phi) is 4.34. The molecule has 4 heteroatoms. The van der Waals surface area contributed by atoms with Crippen molar-refractivity contribution in [2.24, 2.45) is 0 Å². The molecule has 0 radical (unpaired) electrons. The lowest BCUT2D eigenvalue weighted by Gasteiger charge is -2.15. The van der Waals surface area contributed by atoms with Crippen LogP contribution in [0.5, 0.6) is 0 Å². The van der Waals surface area contributed by atoms with Gasteiger partial charge in [0.1, 0.15) is 6.04 Å². The van der Waals surface area contributed by atoms with Crippen molar-refractivity contribution in [1.82, 2.24) is 10.6 Å². The average Bonchev–Trinajstić information content (AvgIpc) is 2.56. The summed E-state index contributed by atoms with van der Waals surface area (Å²) in [6.07, 6.45) is 3.00. The first-order valence-electron chi connectivity index (χ1n) is 6.37. The predicted molar refractivity (Wildman–Crippen MR) is 68.9 cm³/mol. The summed E-state index contributed by atoms with van der Waals surface area (Å²) in [4.78, 5) is 23.5. The molecule has 1 saturated heterocycles. The number of benzene rings is 1. The van der Waals surface area contributed by atoms with Crippen LogP contribution in [0.2, 0.25) is 0 Å². The Morgan fingerprint density at radius 3 is 2.83 bits per heavy atom. The molecule has 1 aromatic rings. The van der Waals surface area contributed by atoms with E-state index < -0.39 is 0 Å². The summed E-state index contributed by atoms with van der Waals surface area (Å²) >= 11 is 0. The third-order valence-corrected chi connectivity index (χ3v) is 3.08. The highest BCUT2D eigenvalue weighted by Crippen LogP contribution is 2.06. The van der Waals surface area contributed by atoms with E-state index >= 15 is 0 Å². The van der Waals surface area contributed by atoms with Gasteiger partial charge in [-0.1, -0.05) is 30.3 Å². The van der Waals surface area contributed by atoms with Gasteiger partial charge in [0, 0.05) is 6.54 Å². The third kappa shape index (κ3) is 3.58. The van der Waals surface area contributed by atoms with E-state index in [4.69, 9.17) is 0 Å². The summed E-state index contributed by atoms with van der Waals surface area (Å²) in [5.74, 6) is -0.155. The molecule has 1 atom stereocenters. The first kappa shape index (κ1) is 12.6. The number of carbonyl (C=O) groups excluding carboxylic acids is 2. The zero-order valence-corrected chi connectivity index (χ0v) is 10.3. The Morgan fingerprint density at radius 1 is 1.28 bits per heavy atom. The molecule has 18 heavy (non-hydrogen) atoms. The maximum atomic E-state index is 11.8. The summed E-state index contributed by atoms with van der Waals surface area (Å²) in [6, 6.07) is 9.17. The maximum absolute atomic E-state index is 11.8. The fourth-order valence-electron chi connectivity index (χ4n) is 2.10. The quantitative estimate of drug-likeness (QED) is 0.836. The third-order valence-electron chi connectivity index (χ3n) is 3.08. The van der Waals surface area contributed by atoms with Crippen LogP contribution >= 0.6 is 0 Å². The molecule has 1 heterocycles. The number of hydrogen-bond donors (Lipinski definition) is 2. The molecule has 1 aliphatic rings. The monoisotopic (exact) mass is 246 g/mol. The van der Waals surface area contributed by atoms with Gasteiger partial charge in [0.2, 0.25) is 11.8 Å². The van der Waals surface area contributed by atoms with E-state index in [1.165, 1.54) is 0 Å². The second-order valence-corrected chi connectivity index (χ2v) is 4.57. The van der Waals surface area contributed by atoms with Crippen LogP contribution in [0, 0.1) is 0 Å². The topological polar surface area (TPSA) is 58.2 Å². The van der Waals surface area contributed by atoms with Crippen molar-refractivity contribution in [1.29, 1.82) is 0 Å². The van der Waals surface area contributed by atoms with Crippen molar-refractivity contribution in [3.63, 3.8) is 0 Å². The maximum Gasteiger partial charge on any atom is 0.242 e. The highest BCUT2D eigenvalue weighted by atomic mass is 16.2. The van der Waals surface area contributed by atoms with Gasteiger partial charge in [0.25, 0.3) is 0 Å². The van der Waals surface area contributed by atoms with Crippen LogP contribution in [-0.4, -0.2) is 24.4 Å². The van der Waals surface area contributed by atoms with Gasteiger partial charge >= 0.3 is 0 Å². The Hall–Kier alpha value is -1.84. The fraction of sp³-hybridized carbons (Fsp3) is 0.429. The lowest BCUT2D eigenvalue weighted by Crippen LogP contribution is -2.45. The fourth-order valence-corrected chi connectivity index (χ4v) is 2.10. The van der Waals surface area contributed by atoms with Crippen LogP contribution in [0.15, 0.2) is 30.3 Å². The van der Waals surface area contributed by atoms with E-state index in [0.29, 0.717) is 13.0 Å². The molecule has 0 bridgehead atoms. The number of carbonyl (C=O) groups is 2. The normalized spacial score (nSPS) is 19.8. The molecular formula is C14H18N2O2. The number of amides is 2. The lowest BCUT2D eigenvalue weighted by molar-refractivity contribution is -0.128. The van der Waals surface area contributed by atoms with E-state index in [0.717, 1.165) is 24.8 Å². The molecule has 4 nitrogen and oxygen atoms in total. The Bertz CT molecular complexity index is 417. The van der Waals surface area contributed by atoms with Crippen molar-refractivity contribution in [2.75, 3.05) is 6.54 Å². The van der Waals surface area contributed by atoms with E-state index in [-0.39, 0.29) is 17.9 Å². The first-order valence-corrected chi connectivity index (χ1v) is 6.37. The second kappa shape index (κ2) is 6.19. The Morgan fingerprint density at radius 2 is 2.06 bits per heavy atom. The van der Waals surface area contributed by atoms with Crippen LogP contribution < -0.4 is 10.6 Å². The van der Waals surface area contributed by atoms with Gasteiger partial charge in [0.15, 0.2) is 0 Å². The van der Waals surface area contributed by atoms with Gasteiger partial charge in [-0.2, -0.15) is 0 Å². The van der Waals surface area contributed by atoms with Crippen LogP contribution in [0.4, 0.5) is 0 Å². The number of nitrogens with one attached hydrogen (secondary N) is 2. The minimum Gasteiger partial charge on any atom is -0.354 e. The molecule has 0 aliphatic carbocycles. The van der Waals surface area contributed by atoms with Crippen LogP contribution in [0.3, 0.4) is 0 Å².